The average molecular weight is 313 g/mol. The Balaban J connectivity index is 0.00000400. The first kappa shape index (κ1) is 19.8. The molecule has 0 radical (unpaired) electrons. The fraction of sp³-hybridized carbons (Fsp3) is 0.588. The number of nitrogen functional groups attached to an aromatic ring is 1. The molecule has 0 saturated heterocycles. The lowest BCUT2D eigenvalue weighted by Gasteiger charge is -2.10. The highest BCUT2D eigenvalue weighted by Gasteiger charge is 2.04. The van der Waals surface area contributed by atoms with Crippen molar-refractivity contribution in [3.05, 3.63) is 29.8 Å². The molecule has 3 nitrogen and oxygen atoms in total. The molecule has 0 aliphatic heterocycles. The smallest absolute Gasteiger partial charge is 0.130 e. The number of para-hydroxylation sites is 1. The first-order chi connectivity index (χ1) is 9.75. The number of ether oxygens (including phenoxy) is 1. The summed E-state index contributed by atoms with van der Waals surface area (Å²) in [6, 6.07) is 7.49. The minimum Gasteiger partial charge on any atom is -0.493 e. The van der Waals surface area contributed by atoms with Crippen molar-refractivity contribution in [2.24, 2.45) is 5.73 Å². The molecule has 120 valence electrons. The van der Waals surface area contributed by atoms with Crippen LogP contribution in [0, 0.1) is 5.41 Å². The second-order valence-corrected chi connectivity index (χ2v) is 5.23. The van der Waals surface area contributed by atoms with E-state index in [2.05, 4.69) is 6.92 Å². The normalized spacial score (nSPS) is 9.95. The molecule has 0 saturated carbocycles. The van der Waals surface area contributed by atoms with E-state index in [9.17, 15) is 0 Å². The van der Waals surface area contributed by atoms with Crippen LogP contribution < -0.4 is 10.5 Å². The third-order valence-electron chi connectivity index (χ3n) is 3.43. The lowest BCUT2D eigenvalue weighted by atomic mass is 10.1. The largest absolute Gasteiger partial charge is 0.493 e. The number of hydrogen-bond acceptors (Lipinski definition) is 2. The van der Waals surface area contributed by atoms with E-state index in [1.165, 1.54) is 44.9 Å². The van der Waals surface area contributed by atoms with Gasteiger partial charge in [0, 0.05) is 0 Å². The van der Waals surface area contributed by atoms with Gasteiger partial charge in [0.05, 0.1) is 12.2 Å². The minimum atomic E-state index is 0. The van der Waals surface area contributed by atoms with Crippen LogP contribution in [0.1, 0.15) is 63.9 Å². The van der Waals surface area contributed by atoms with E-state index in [1.807, 2.05) is 24.3 Å². The molecule has 0 aliphatic carbocycles. The number of rotatable bonds is 11. The van der Waals surface area contributed by atoms with E-state index in [4.69, 9.17) is 15.9 Å². The van der Waals surface area contributed by atoms with Gasteiger partial charge >= 0.3 is 0 Å². The van der Waals surface area contributed by atoms with E-state index < -0.39 is 0 Å². The molecular weight excluding hydrogens is 284 g/mol. The molecular formula is C17H29ClN2O. The van der Waals surface area contributed by atoms with Crippen molar-refractivity contribution in [1.29, 1.82) is 5.41 Å². The SMILES string of the molecule is CCCCCCCCCCOc1ccccc1C(=N)N.Cl. The van der Waals surface area contributed by atoms with E-state index in [-0.39, 0.29) is 18.2 Å². The highest BCUT2D eigenvalue weighted by Crippen LogP contribution is 2.17. The van der Waals surface area contributed by atoms with Gasteiger partial charge in [0.15, 0.2) is 0 Å². The van der Waals surface area contributed by atoms with Crippen LogP contribution in [0.5, 0.6) is 5.75 Å². The van der Waals surface area contributed by atoms with Crippen molar-refractivity contribution in [3.8, 4) is 5.75 Å². The quantitative estimate of drug-likeness (QED) is 0.346. The van der Waals surface area contributed by atoms with Gasteiger partial charge in [-0.1, -0.05) is 64.0 Å². The minimum absolute atomic E-state index is 0. The van der Waals surface area contributed by atoms with Crippen LogP contribution in [0.25, 0.3) is 0 Å². The number of hydrogen-bond donors (Lipinski definition) is 2. The van der Waals surface area contributed by atoms with Gasteiger partial charge in [-0.2, -0.15) is 0 Å². The van der Waals surface area contributed by atoms with Gasteiger partial charge in [0.25, 0.3) is 0 Å². The highest BCUT2D eigenvalue weighted by molar-refractivity contribution is 5.97. The summed E-state index contributed by atoms with van der Waals surface area (Å²) in [5.41, 5.74) is 6.21. The molecule has 0 heterocycles. The van der Waals surface area contributed by atoms with Gasteiger partial charge in [-0.3, -0.25) is 5.41 Å². The number of amidine groups is 1. The Hall–Kier alpha value is -1.22. The molecule has 0 spiro atoms. The van der Waals surface area contributed by atoms with Crippen LogP contribution in [-0.4, -0.2) is 12.4 Å². The summed E-state index contributed by atoms with van der Waals surface area (Å²) in [5, 5.41) is 7.50. The summed E-state index contributed by atoms with van der Waals surface area (Å²) in [6.45, 7) is 2.95. The second-order valence-electron chi connectivity index (χ2n) is 5.23. The van der Waals surface area contributed by atoms with Gasteiger partial charge < -0.3 is 10.5 Å². The zero-order valence-corrected chi connectivity index (χ0v) is 13.9. The third kappa shape index (κ3) is 8.61. The number of nitrogens with two attached hydrogens (primary N) is 1. The van der Waals surface area contributed by atoms with Crippen LogP contribution >= 0.6 is 12.4 Å². The summed E-state index contributed by atoms with van der Waals surface area (Å²) in [6.07, 6.45) is 10.3. The Morgan fingerprint density at radius 2 is 1.57 bits per heavy atom. The maximum atomic E-state index is 7.50. The maximum absolute atomic E-state index is 7.50. The van der Waals surface area contributed by atoms with E-state index >= 15 is 0 Å². The molecule has 1 rings (SSSR count). The Morgan fingerprint density at radius 1 is 1.00 bits per heavy atom. The van der Waals surface area contributed by atoms with Crippen LogP contribution in [0.3, 0.4) is 0 Å². The first-order valence-corrected chi connectivity index (χ1v) is 7.82. The molecule has 4 heteroatoms. The van der Waals surface area contributed by atoms with Gasteiger partial charge in [-0.25, -0.2) is 0 Å². The van der Waals surface area contributed by atoms with Gasteiger partial charge in [-0.15, -0.1) is 12.4 Å². The maximum Gasteiger partial charge on any atom is 0.130 e. The van der Waals surface area contributed by atoms with Crippen LogP contribution in [0.4, 0.5) is 0 Å². The standard InChI is InChI=1S/C17H28N2O.ClH/c1-2-3-4-5-6-7-8-11-14-20-16-13-10-9-12-15(16)17(18)19;/h9-10,12-13H,2-8,11,14H2,1H3,(H3,18,19);1H. The third-order valence-corrected chi connectivity index (χ3v) is 3.43. The van der Waals surface area contributed by atoms with Gasteiger partial charge in [0.1, 0.15) is 11.6 Å². The van der Waals surface area contributed by atoms with Crippen LogP contribution in [0.15, 0.2) is 24.3 Å². The highest BCUT2D eigenvalue weighted by atomic mass is 35.5. The van der Waals surface area contributed by atoms with E-state index in [0.29, 0.717) is 12.2 Å². The van der Waals surface area contributed by atoms with Crippen molar-refractivity contribution in [1.82, 2.24) is 0 Å². The summed E-state index contributed by atoms with van der Waals surface area (Å²) in [7, 11) is 0. The van der Waals surface area contributed by atoms with E-state index in [0.717, 1.165) is 12.2 Å². The summed E-state index contributed by atoms with van der Waals surface area (Å²) in [4.78, 5) is 0. The van der Waals surface area contributed by atoms with E-state index in [1.54, 1.807) is 0 Å². The Labute approximate surface area is 135 Å². The number of benzene rings is 1. The van der Waals surface area contributed by atoms with Gasteiger partial charge in [-0.05, 0) is 18.6 Å². The predicted molar refractivity (Wildman–Crippen MR) is 92.8 cm³/mol. The number of nitrogens with one attached hydrogen (secondary N) is 1. The monoisotopic (exact) mass is 312 g/mol. The Kier molecular flexibility index (Phi) is 11.8. The lowest BCUT2D eigenvalue weighted by Crippen LogP contribution is -2.13. The van der Waals surface area contributed by atoms with Crippen LogP contribution in [0.2, 0.25) is 0 Å². The lowest BCUT2D eigenvalue weighted by molar-refractivity contribution is 0.303. The fourth-order valence-corrected chi connectivity index (χ4v) is 2.23. The van der Waals surface area contributed by atoms with Crippen LogP contribution in [-0.2, 0) is 0 Å². The molecule has 1 aromatic carbocycles. The fourth-order valence-electron chi connectivity index (χ4n) is 2.23. The summed E-state index contributed by atoms with van der Waals surface area (Å²) < 4.78 is 5.72. The van der Waals surface area contributed by atoms with Crippen molar-refractivity contribution >= 4 is 18.2 Å². The molecule has 0 fully saturated rings. The molecule has 3 N–H and O–H groups in total. The average Bonchev–Trinajstić information content (AvgIpc) is 2.46. The summed E-state index contributed by atoms with van der Waals surface area (Å²) in [5.74, 6) is 0.791. The van der Waals surface area contributed by atoms with Crippen molar-refractivity contribution in [3.63, 3.8) is 0 Å². The first-order valence-electron chi connectivity index (χ1n) is 7.82. The molecule has 21 heavy (non-hydrogen) atoms. The molecule has 0 unspecified atom stereocenters. The second kappa shape index (κ2) is 12.5. The predicted octanol–water partition coefficient (Wildman–Crippen LogP) is 4.91. The molecule has 0 aromatic heterocycles. The van der Waals surface area contributed by atoms with Crippen molar-refractivity contribution in [2.75, 3.05) is 6.61 Å². The number of halogens is 1. The molecule has 1 aromatic rings. The van der Waals surface area contributed by atoms with Crippen molar-refractivity contribution < 1.29 is 4.74 Å². The Morgan fingerprint density at radius 3 is 2.19 bits per heavy atom. The summed E-state index contributed by atoms with van der Waals surface area (Å²) >= 11 is 0. The molecule has 0 aliphatic rings. The molecule has 0 atom stereocenters. The Bertz CT molecular complexity index is 396. The van der Waals surface area contributed by atoms with Gasteiger partial charge in [0.2, 0.25) is 0 Å². The topological polar surface area (TPSA) is 59.1 Å². The number of unbranched alkanes of at least 4 members (excludes halogenated alkanes) is 7. The zero-order valence-electron chi connectivity index (χ0n) is 13.1. The van der Waals surface area contributed by atoms with Crippen molar-refractivity contribution in [2.45, 2.75) is 58.3 Å². The molecule has 0 amide bonds. The zero-order chi connectivity index (χ0) is 14.6. The molecule has 0 bridgehead atoms.